The normalized spacial score (nSPS) is 14.6. The third kappa shape index (κ3) is 3.90. The fourth-order valence-electron chi connectivity index (χ4n) is 2.86. The first-order chi connectivity index (χ1) is 11.7. The van der Waals surface area contributed by atoms with Gasteiger partial charge in [-0.2, -0.15) is 0 Å². The van der Waals surface area contributed by atoms with E-state index in [4.69, 9.17) is 4.74 Å². The summed E-state index contributed by atoms with van der Waals surface area (Å²) >= 11 is 1.82. The van der Waals surface area contributed by atoms with Crippen molar-refractivity contribution in [3.8, 4) is 5.75 Å². The summed E-state index contributed by atoms with van der Waals surface area (Å²) in [7, 11) is 1.40. The highest BCUT2D eigenvalue weighted by atomic mass is 32.2. The van der Waals surface area contributed by atoms with E-state index in [2.05, 4.69) is 5.32 Å². The third-order valence-corrected chi connectivity index (χ3v) is 5.56. The number of amides is 1. The Morgan fingerprint density at radius 2 is 1.96 bits per heavy atom. The van der Waals surface area contributed by atoms with Crippen molar-refractivity contribution in [2.24, 2.45) is 0 Å². The van der Waals surface area contributed by atoms with Gasteiger partial charge in [-0.1, -0.05) is 25.0 Å². The zero-order valence-electron chi connectivity index (χ0n) is 13.5. The molecule has 1 aliphatic carbocycles. The lowest BCUT2D eigenvalue weighted by atomic mass is 10.2. The Balaban J connectivity index is 1.75. The number of para-hydroxylation sites is 1. The molecule has 24 heavy (non-hydrogen) atoms. The Bertz CT molecular complexity index is 729. The number of carbonyl (C=O) groups is 1. The standard InChI is InChI=1S/C19H20FNO2S/c1-23-17-11-10-13(12-15(17)20)19(22)21-16-8-4-5-9-18(16)24-14-6-2-3-7-14/h4-5,8-12,14H,2-3,6-7H2,1H3,(H,21,22). The van der Waals surface area contributed by atoms with Gasteiger partial charge >= 0.3 is 0 Å². The molecule has 0 aromatic heterocycles. The average molecular weight is 345 g/mol. The van der Waals surface area contributed by atoms with E-state index in [-0.39, 0.29) is 17.2 Å². The van der Waals surface area contributed by atoms with E-state index in [1.54, 1.807) is 6.07 Å². The van der Waals surface area contributed by atoms with E-state index < -0.39 is 5.82 Å². The monoisotopic (exact) mass is 345 g/mol. The Morgan fingerprint density at radius 3 is 2.67 bits per heavy atom. The number of carbonyl (C=O) groups excluding carboxylic acids is 1. The summed E-state index contributed by atoms with van der Waals surface area (Å²) in [6, 6.07) is 12.0. The first-order valence-electron chi connectivity index (χ1n) is 8.08. The molecule has 0 bridgehead atoms. The fourth-order valence-corrected chi connectivity index (χ4v) is 4.19. The molecule has 1 amide bonds. The van der Waals surface area contributed by atoms with Crippen LogP contribution >= 0.6 is 11.8 Å². The maximum atomic E-state index is 13.8. The number of ether oxygens (including phenoxy) is 1. The molecule has 126 valence electrons. The molecule has 1 aliphatic rings. The van der Waals surface area contributed by atoms with Crippen LogP contribution in [-0.2, 0) is 0 Å². The van der Waals surface area contributed by atoms with Gasteiger partial charge < -0.3 is 10.1 Å². The van der Waals surface area contributed by atoms with Crippen LogP contribution in [0.15, 0.2) is 47.4 Å². The Morgan fingerprint density at radius 1 is 1.21 bits per heavy atom. The Kier molecular flexibility index (Phi) is 5.41. The van der Waals surface area contributed by atoms with Crippen LogP contribution in [0.2, 0.25) is 0 Å². The number of methoxy groups -OCH3 is 1. The second kappa shape index (κ2) is 7.71. The van der Waals surface area contributed by atoms with Crippen molar-refractivity contribution in [1.29, 1.82) is 0 Å². The first kappa shape index (κ1) is 16.8. The highest BCUT2D eigenvalue weighted by Gasteiger charge is 2.18. The number of hydrogen-bond acceptors (Lipinski definition) is 3. The zero-order chi connectivity index (χ0) is 16.9. The van der Waals surface area contributed by atoms with Gasteiger partial charge in [0.25, 0.3) is 5.91 Å². The van der Waals surface area contributed by atoms with Crippen LogP contribution in [0, 0.1) is 5.82 Å². The van der Waals surface area contributed by atoms with Crippen LogP contribution in [0.5, 0.6) is 5.75 Å². The van der Waals surface area contributed by atoms with Crippen molar-refractivity contribution >= 4 is 23.4 Å². The van der Waals surface area contributed by atoms with Crippen molar-refractivity contribution in [3.63, 3.8) is 0 Å². The molecule has 3 nitrogen and oxygen atoms in total. The van der Waals surface area contributed by atoms with Crippen LogP contribution < -0.4 is 10.1 Å². The number of thioether (sulfide) groups is 1. The Hall–Kier alpha value is -2.01. The highest BCUT2D eigenvalue weighted by molar-refractivity contribution is 8.00. The van der Waals surface area contributed by atoms with Crippen molar-refractivity contribution in [1.82, 2.24) is 0 Å². The molecule has 2 aromatic rings. The van der Waals surface area contributed by atoms with Crippen molar-refractivity contribution < 1.29 is 13.9 Å². The minimum Gasteiger partial charge on any atom is -0.494 e. The molecular weight excluding hydrogens is 325 g/mol. The lowest BCUT2D eigenvalue weighted by Gasteiger charge is -2.14. The second-order valence-corrected chi connectivity index (χ2v) is 7.17. The van der Waals surface area contributed by atoms with Gasteiger partial charge in [-0.05, 0) is 43.2 Å². The number of hydrogen-bond donors (Lipinski definition) is 1. The minimum absolute atomic E-state index is 0.128. The number of anilines is 1. The maximum absolute atomic E-state index is 13.8. The molecular formula is C19H20FNO2S. The lowest BCUT2D eigenvalue weighted by Crippen LogP contribution is -2.13. The van der Waals surface area contributed by atoms with Gasteiger partial charge in [0, 0.05) is 15.7 Å². The van der Waals surface area contributed by atoms with Crippen LogP contribution in [0.25, 0.3) is 0 Å². The predicted molar refractivity (Wildman–Crippen MR) is 95.5 cm³/mol. The first-order valence-corrected chi connectivity index (χ1v) is 8.96. The zero-order valence-corrected chi connectivity index (χ0v) is 14.4. The van der Waals surface area contributed by atoms with Crippen molar-refractivity contribution in [2.45, 2.75) is 35.8 Å². The summed E-state index contributed by atoms with van der Waals surface area (Å²) in [6.45, 7) is 0. The van der Waals surface area contributed by atoms with Gasteiger partial charge in [0.2, 0.25) is 0 Å². The molecule has 1 N–H and O–H groups in total. The lowest BCUT2D eigenvalue weighted by molar-refractivity contribution is 0.102. The van der Waals surface area contributed by atoms with Crippen LogP contribution in [0.3, 0.4) is 0 Å². The number of nitrogens with one attached hydrogen (secondary N) is 1. The van der Waals surface area contributed by atoms with E-state index in [0.717, 1.165) is 10.6 Å². The van der Waals surface area contributed by atoms with E-state index in [1.165, 1.54) is 44.9 Å². The quantitative estimate of drug-likeness (QED) is 0.817. The molecule has 0 radical (unpaired) electrons. The topological polar surface area (TPSA) is 38.3 Å². The maximum Gasteiger partial charge on any atom is 0.255 e. The number of rotatable bonds is 5. The smallest absolute Gasteiger partial charge is 0.255 e. The molecule has 0 heterocycles. The van der Waals surface area contributed by atoms with Crippen LogP contribution in [-0.4, -0.2) is 18.3 Å². The van der Waals surface area contributed by atoms with E-state index in [9.17, 15) is 9.18 Å². The van der Waals surface area contributed by atoms with E-state index in [1.807, 2.05) is 36.0 Å². The predicted octanol–water partition coefficient (Wildman–Crippen LogP) is 5.12. The highest BCUT2D eigenvalue weighted by Crippen LogP contribution is 2.38. The molecule has 0 aliphatic heterocycles. The summed E-state index contributed by atoms with van der Waals surface area (Å²) in [6.07, 6.45) is 4.99. The molecule has 5 heteroatoms. The van der Waals surface area contributed by atoms with Crippen molar-refractivity contribution in [2.75, 3.05) is 12.4 Å². The Labute approximate surface area is 145 Å². The summed E-state index contributed by atoms with van der Waals surface area (Å²) < 4.78 is 18.7. The summed E-state index contributed by atoms with van der Waals surface area (Å²) in [5.41, 5.74) is 1.05. The van der Waals surface area contributed by atoms with Gasteiger partial charge in [0.1, 0.15) is 0 Å². The summed E-state index contributed by atoms with van der Waals surface area (Å²) in [5, 5.41) is 3.51. The van der Waals surface area contributed by atoms with E-state index in [0.29, 0.717) is 5.25 Å². The van der Waals surface area contributed by atoms with Crippen molar-refractivity contribution in [3.05, 3.63) is 53.8 Å². The summed E-state index contributed by atoms with van der Waals surface area (Å²) in [5.74, 6) is -0.737. The molecule has 0 atom stereocenters. The number of halogens is 1. The van der Waals surface area contributed by atoms with E-state index >= 15 is 0 Å². The summed E-state index contributed by atoms with van der Waals surface area (Å²) in [4.78, 5) is 13.5. The second-order valence-electron chi connectivity index (χ2n) is 5.82. The van der Waals surface area contributed by atoms with Gasteiger partial charge in [-0.15, -0.1) is 11.8 Å². The van der Waals surface area contributed by atoms with Gasteiger partial charge in [0.15, 0.2) is 11.6 Å². The molecule has 2 aromatic carbocycles. The van der Waals surface area contributed by atoms with Gasteiger partial charge in [-0.25, -0.2) is 4.39 Å². The third-order valence-electron chi connectivity index (χ3n) is 4.15. The van der Waals surface area contributed by atoms with Gasteiger partial charge in [0.05, 0.1) is 12.8 Å². The number of benzene rings is 2. The molecule has 1 fully saturated rings. The van der Waals surface area contributed by atoms with Crippen LogP contribution in [0.4, 0.5) is 10.1 Å². The van der Waals surface area contributed by atoms with Crippen LogP contribution in [0.1, 0.15) is 36.0 Å². The molecule has 0 spiro atoms. The fraction of sp³-hybridized carbons (Fsp3) is 0.316. The SMILES string of the molecule is COc1ccc(C(=O)Nc2ccccc2SC2CCCC2)cc1F. The largest absolute Gasteiger partial charge is 0.494 e. The molecule has 1 saturated carbocycles. The van der Waals surface area contributed by atoms with Gasteiger partial charge in [-0.3, -0.25) is 4.79 Å². The molecule has 0 unspecified atom stereocenters. The average Bonchev–Trinajstić information content (AvgIpc) is 3.09. The molecule has 3 rings (SSSR count). The molecule has 0 saturated heterocycles. The minimum atomic E-state index is -0.543.